The number of nitro groups is 1. The van der Waals surface area contributed by atoms with Gasteiger partial charge in [0.05, 0.1) is 23.1 Å². The Kier molecular flexibility index (Phi) is 5.60. The van der Waals surface area contributed by atoms with Crippen molar-refractivity contribution in [2.24, 2.45) is 5.10 Å². The van der Waals surface area contributed by atoms with Gasteiger partial charge < -0.3 is 0 Å². The third-order valence-electron chi connectivity index (χ3n) is 3.14. The number of carbonyl (C=O) groups is 1. The van der Waals surface area contributed by atoms with Crippen LogP contribution in [0, 0.1) is 39.2 Å². The molecule has 1 N–H and O–H groups in total. The van der Waals surface area contributed by atoms with E-state index in [-0.39, 0.29) is 18.3 Å². The van der Waals surface area contributed by atoms with E-state index in [0.29, 0.717) is 5.56 Å². The highest BCUT2D eigenvalue weighted by molar-refractivity contribution is 5.83. The van der Waals surface area contributed by atoms with Crippen molar-refractivity contribution in [1.29, 1.82) is 0 Å². The van der Waals surface area contributed by atoms with Crippen LogP contribution in [0.15, 0.2) is 29.4 Å². The van der Waals surface area contributed by atoms with Gasteiger partial charge in [-0.1, -0.05) is 12.1 Å². The van der Waals surface area contributed by atoms with Gasteiger partial charge in [0.15, 0.2) is 23.3 Å². The average molecular weight is 373 g/mol. The van der Waals surface area contributed by atoms with Gasteiger partial charge in [-0.15, -0.1) is 0 Å². The van der Waals surface area contributed by atoms with Crippen LogP contribution in [0.1, 0.15) is 11.1 Å². The summed E-state index contributed by atoms with van der Waals surface area (Å²) < 4.78 is 65.7. The highest BCUT2D eigenvalue weighted by Gasteiger charge is 2.24. The summed E-state index contributed by atoms with van der Waals surface area (Å²) in [6.45, 7) is 0. The largest absolute Gasteiger partial charge is 0.273 e. The second-order valence-corrected chi connectivity index (χ2v) is 4.88. The first-order valence-electron chi connectivity index (χ1n) is 6.79. The fourth-order valence-corrected chi connectivity index (χ4v) is 1.86. The Morgan fingerprint density at radius 1 is 1.00 bits per heavy atom. The first-order valence-corrected chi connectivity index (χ1v) is 6.79. The molecule has 0 bridgehead atoms. The maximum atomic E-state index is 13.4. The molecular weight excluding hydrogens is 365 g/mol. The van der Waals surface area contributed by atoms with Crippen molar-refractivity contribution in [3.63, 3.8) is 0 Å². The second-order valence-electron chi connectivity index (χ2n) is 4.88. The van der Waals surface area contributed by atoms with Crippen LogP contribution in [0.3, 0.4) is 0 Å². The minimum atomic E-state index is -2.31. The molecule has 0 heterocycles. The molecule has 1 amide bonds. The number of nitro benzene ring substituents is 1. The molecule has 0 aliphatic carbocycles. The maximum Gasteiger partial charge on any atom is 0.269 e. The molecule has 0 aliphatic heterocycles. The molecule has 0 atom stereocenters. The number of rotatable bonds is 5. The van der Waals surface area contributed by atoms with Crippen LogP contribution in [-0.4, -0.2) is 17.0 Å². The van der Waals surface area contributed by atoms with E-state index in [4.69, 9.17) is 0 Å². The number of hydrogen-bond donors (Lipinski definition) is 1. The molecule has 0 saturated carbocycles. The Hall–Kier alpha value is -3.37. The zero-order chi connectivity index (χ0) is 19.4. The van der Waals surface area contributed by atoms with Crippen molar-refractivity contribution >= 4 is 17.8 Å². The van der Waals surface area contributed by atoms with Gasteiger partial charge in [-0.05, 0) is 5.56 Å². The molecule has 2 aromatic carbocycles. The van der Waals surface area contributed by atoms with Crippen molar-refractivity contribution in [2.75, 3.05) is 0 Å². The number of hydrogen-bond acceptors (Lipinski definition) is 4. The van der Waals surface area contributed by atoms with Crippen LogP contribution in [0.4, 0.5) is 27.6 Å². The summed E-state index contributed by atoms with van der Waals surface area (Å²) in [5, 5.41) is 13.7. The first kappa shape index (κ1) is 19.0. The quantitative estimate of drug-likeness (QED) is 0.218. The van der Waals surface area contributed by atoms with Crippen molar-refractivity contribution in [1.82, 2.24) is 5.43 Å². The lowest BCUT2D eigenvalue weighted by atomic mass is 10.1. The van der Waals surface area contributed by atoms with E-state index >= 15 is 0 Å². The second kappa shape index (κ2) is 7.68. The summed E-state index contributed by atoms with van der Waals surface area (Å²) in [6, 6.07) is 4.96. The monoisotopic (exact) mass is 373 g/mol. The van der Waals surface area contributed by atoms with E-state index in [9.17, 15) is 36.9 Å². The fraction of sp³-hybridized carbons (Fsp3) is 0.0667. The van der Waals surface area contributed by atoms with Gasteiger partial charge in [-0.2, -0.15) is 5.10 Å². The van der Waals surface area contributed by atoms with Crippen LogP contribution >= 0.6 is 0 Å². The minimum Gasteiger partial charge on any atom is -0.273 e. The van der Waals surface area contributed by atoms with Gasteiger partial charge in [0.1, 0.15) is 0 Å². The summed E-state index contributed by atoms with van der Waals surface area (Å²) in [5.41, 5.74) is 0.734. The number of non-ortho nitro benzene ring substituents is 1. The SMILES string of the molecule is O=C(Cc1ccc([N+](=O)[O-])cc1)N/N=C/c1c(F)c(F)c(F)c(F)c1F. The molecular formula is C15H8F5N3O3. The fourth-order valence-electron chi connectivity index (χ4n) is 1.86. The molecule has 0 radical (unpaired) electrons. The molecule has 0 fully saturated rings. The third kappa shape index (κ3) is 3.99. The van der Waals surface area contributed by atoms with Gasteiger partial charge in [0.25, 0.3) is 5.69 Å². The summed E-state index contributed by atoms with van der Waals surface area (Å²) >= 11 is 0. The lowest BCUT2D eigenvalue weighted by molar-refractivity contribution is -0.384. The van der Waals surface area contributed by atoms with E-state index in [2.05, 4.69) is 5.10 Å². The smallest absolute Gasteiger partial charge is 0.269 e. The molecule has 0 saturated heterocycles. The number of carbonyl (C=O) groups excluding carboxylic acids is 1. The lowest BCUT2D eigenvalue weighted by Crippen LogP contribution is -2.20. The number of halogens is 5. The van der Waals surface area contributed by atoms with Gasteiger partial charge in [0.2, 0.25) is 11.7 Å². The van der Waals surface area contributed by atoms with Crippen LogP contribution < -0.4 is 5.43 Å². The molecule has 0 aromatic heterocycles. The number of nitrogens with zero attached hydrogens (tertiary/aromatic N) is 2. The van der Waals surface area contributed by atoms with Gasteiger partial charge in [-0.3, -0.25) is 14.9 Å². The summed E-state index contributed by atoms with van der Waals surface area (Å²) in [5.74, 6) is -11.5. The normalized spacial score (nSPS) is 11.0. The number of nitrogens with one attached hydrogen (secondary N) is 1. The zero-order valence-corrected chi connectivity index (χ0v) is 12.6. The molecule has 26 heavy (non-hydrogen) atoms. The highest BCUT2D eigenvalue weighted by atomic mass is 19.2. The summed E-state index contributed by atoms with van der Waals surface area (Å²) in [6.07, 6.45) is -0.00353. The first-order chi connectivity index (χ1) is 12.2. The Morgan fingerprint density at radius 3 is 2.00 bits per heavy atom. The van der Waals surface area contributed by atoms with E-state index < -0.39 is 45.5 Å². The zero-order valence-electron chi connectivity index (χ0n) is 12.6. The van der Waals surface area contributed by atoms with Crippen molar-refractivity contribution in [3.8, 4) is 0 Å². The van der Waals surface area contributed by atoms with E-state index in [1.54, 1.807) is 0 Å². The Labute approximate surface area is 142 Å². The highest BCUT2D eigenvalue weighted by Crippen LogP contribution is 2.21. The number of hydrazone groups is 1. The Balaban J connectivity index is 2.07. The standard InChI is InChI=1S/C15H8F5N3O3/c16-11-9(12(17)14(19)15(20)13(11)18)6-21-22-10(24)5-7-1-3-8(4-2-7)23(25)26/h1-4,6H,5H2,(H,22,24)/b21-6+. The summed E-state index contributed by atoms with van der Waals surface area (Å²) in [4.78, 5) is 21.5. The van der Waals surface area contributed by atoms with E-state index in [1.807, 2.05) is 5.43 Å². The molecule has 136 valence electrons. The minimum absolute atomic E-state index is 0.182. The van der Waals surface area contributed by atoms with Crippen molar-refractivity contribution < 1.29 is 31.7 Å². The van der Waals surface area contributed by atoms with Crippen LogP contribution in [0.25, 0.3) is 0 Å². The predicted molar refractivity (Wildman–Crippen MR) is 78.8 cm³/mol. The number of amides is 1. The van der Waals surface area contributed by atoms with Gasteiger partial charge >= 0.3 is 0 Å². The molecule has 2 rings (SSSR count). The van der Waals surface area contributed by atoms with E-state index in [0.717, 1.165) is 0 Å². The average Bonchev–Trinajstić information content (AvgIpc) is 2.61. The Bertz CT molecular complexity index is 871. The third-order valence-corrected chi connectivity index (χ3v) is 3.14. The molecule has 0 spiro atoms. The van der Waals surface area contributed by atoms with E-state index in [1.165, 1.54) is 24.3 Å². The molecule has 6 nitrogen and oxygen atoms in total. The van der Waals surface area contributed by atoms with Crippen molar-refractivity contribution in [3.05, 3.63) is 74.6 Å². The van der Waals surface area contributed by atoms with Crippen LogP contribution in [-0.2, 0) is 11.2 Å². The molecule has 2 aromatic rings. The summed E-state index contributed by atoms with van der Waals surface area (Å²) in [7, 11) is 0. The van der Waals surface area contributed by atoms with Gasteiger partial charge in [0, 0.05) is 12.1 Å². The molecule has 0 aliphatic rings. The van der Waals surface area contributed by atoms with Gasteiger partial charge in [-0.25, -0.2) is 27.4 Å². The van der Waals surface area contributed by atoms with Crippen molar-refractivity contribution in [2.45, 2.75) is 6.42 Å². The molecule has 0 unspecified atom stereocenters. The Morgan fingerprint density at radius 2 is 1.50 bits per heavy atom. The lowest BCUT2D eigenvalue weighted by Gasteiger charge is -2.04. The topological polar surface area (TPSA) is 84.6 Å². The van der Waals surface area contributed by atoms with Crippen LogP contribution in [0.2, 0.25) is 0 Å². The number of benzene rings is 2. The maximum absolute atomic E-state index is 13.4. The van der Waals surface area contributed by atoms with Crippen LogP contribution in [0.5, 0.6) is 0 Å². The molecule has 11 heteroatoms. The predicted octanol–water partition coefficient (Wildman–Crippen LogP) is 2.98.